The Morgan fingerprint density at radius 2 is 1.63 bits per heavy atom. The molecule has 2 heterocycles. The number of rotatable bonds is 5. The van der Waals surface area contributed by atoms with Crippen LogP contribution in [0.25, 0.3) is 27.8 Å². The number of amidine groups is 1. The van der Waals surface area contributed by atoms with Gasteiger partial charge < -0.3 is 16.0 Å². The first-order valence-corrected chi connectivity index (χ1v) is 13.3. The van der Waals surface area contributed by atoms with Crippen molar-refractivity contribution in [1.29, 1.82) is 0 Å². The zero-order chi connectivity index (χ0) is 26.4. The number of likely N-dealkylation sites (N-methyl/N-ethyl adjacent to an activating group) is 1. The van der Waals surface area contributed by atoms with E-state index in [2.05, 4.69) is 104 Å². The van der Waals surface area contributed by atoms with Crippen LogP contribution in [-0.2, 0) is 12.8 Å². The molecule has 0 spiro atoms. The number of nitrogens with zero attached hydrogens (tertiary/aromatic N) is 2. The number of nitrogens with one attached hydrogen (secondary N) is 1. The summed E-state index contributed by atoms with van der Waals surface area (Å²) < 4.78 is 0. The van der Waals surface area contributed by atoms with Crippen molar-refractivity contribution in [3.8, 4) is 22.3 Å². The smallest absolute Gasteiger partial charge is 0.137 e. The molecular weight excluding hydrogens is 464 g/mol. The van der Waals surface area contributed by atoms with Crippen LogP contribution in [0.1, 0.15) is 27.8 Å². The fourth-order valence-electron chi connectivity index (χ4n) is 5.99. The van der Waals surface area contributed by atoms with Crippen molar-refractivity contribution in [2.75, 3.05) is 13.6 Å². The van der Waals surface area contributed by atoms with Crippen molar-refractivity contribution in [2.45, 2.75) is 32.7 Å². The Morgan fingerprint density at radius 3 is 2.39 bits per heavy atom. The van der Waals surface area contributed by atoms with Crippen molar-refractivity contribution in [3.63, 3.8) is 0 Å². The monoisotopic (exact) mass is 498 g/mol. The fourth-order valence-corrected chi connectivity index (χ4v) is 5.99. The summed E-state index contributed by atoms with van der Waals surface area (Å²) in [6.45, 7) is 9.49. The van der Waals surface area contributed by atoms with E-state index in [0.29, 0.717) is 0 Å². The average Bonchev–Trinajstić information content (AvgIpc) is 3.30. The van der Waals surface area contributed by atoms with Gasteiger partial charge in [-0.15, -0.1) is 0 Å². The Hall–Kier alpha value is -3.99. The highest BCUT2D eigenvalue weighted by Crippen LogP contribution is 2.38. The number of fused-ring (bicyclic) bond motifs is 2. The summed E-state index contributed by atoms with van der Waals surface area (Å²) in [4.78, 5) is 6.78. The Labute approximate surface area is 225 Å². The molecule has 3 aromatic carbocycles. The van der Waals surface area contributed by atoms with E-state index in [-0.39, 0.29) is 6.04 Å². The summed E-state index contributed by atoms with van der Waals surface area (Å²) in [5, 5.41) is 3.19. The highest BCUT2D eigenvalue weighted by molar-refractivity contribution is 6.06. The minimum atomic E-state index is 0.248. The van der Waals surface area contributed by atoms with Gasteiger partial charge in [-0.3, -0.25) is 0 Å². The minimum Gasteiger partial charge on any atom is -0.327 e. The van der Waals surface area contributed by atoms with Crippen LogP contribution in [-0.4, -0.2) is 30.4 Å². The molecule has 0 saturated carbocycles. The van der Waals surface area contributed by atoms with Crippen molar-refractivity contribution in [3.05, 3.63) is 125 Å². The maximum absolute atomic E-state index is 6.23. The van der Waals surface area contributed by atoms with E-state index in [1.165, 1.54) is 50.1 Å². The molecule has 0 fully saturated rings. The molecule has 0 amide bonds. The molecule has 0 aromatic heterocycles. The van der Waals surface area contributed by atoms with Crippen molar-refractivity contribution < 1.29 is 0 Å². The quantitative estimate of drug-likeness (QED) is 0.434. The fraction of sp³-hybridized carbons (Fsp3) is 0.206. The van der Waals surface area contributed by atoms with E-state index in [0.717, 1.165) is 42.1 Å². The summed E-state index contributed by atoms with van der Waals surface area (Å²) in [5.41, 5.74) is 21.1. The number of hydrogen-bond acceptors (Lipinski definition) is 4. The summed E-state index contributed by atoms with van der Waals surface area (Å²) in [6.07, 6.45) is 10.3. The molecule has 1 unspecified atom stereocenters. The maximum atomic E-state index is 6.23. The Bertz CT molecular complexity index is 1580. The van der Waals surface area contributed by atoms with Gasteiger partial charge in [0.1, 0.15) is 5.84 Å². The predicted molar refractivity (Wildman–Crippen MR) is 160 cm³/mol. The Balaban J connectivity index is 1.37. The molecule has 2 aliphatic heterocycles. The predicted octanol–water partition coefficient (Wildman–Crippen LogP) is 6.31. The highest BCUT2D eigenvalue weighted by Gasteiger charge is 2.23. The van der Waals surface area contributed by atoms with Gasteiger partial charge in [0.15, 0.2) is 0 Å². The largest absolute Gasteiger partial charge is 0.327 e. The van der Waals surface area contributed by atoms with Crippen molar-refractivity contribution in [2.24, 2.45) is 10.7 Å². The molecule has 0 radical (unpaired) electrons. The van der Waals surface area contributed by atoms with Crippen LogP contribution in [0.5, 0.6) is 0 Å². The van der Waals surface area contributed by atoms with Crippen LogP contribution < -0.4 is 11.1 Å². The first kappa shape index (κ1) is 24.4. The molecule has 0 bridgehead atoms. The van der Waals surface area contributed by atoms with Crippen LogP contribution in [0, 0.1) is 13.8 Å². The van der Waals surface area contributed by atoms with Gasteiger partial charge >= 0.3 is 0 Å². The second kappa shape index (κ2) is 9.71. The first-order chi connectivity index (χ1) is 18.4. The zero-order valence-corrected chi connectivity index (χ0v) is 22.4. The molecule has 6 rings (SSSR count). The third-order valence-corrected chi connectivity index (χ3v) is 8.07. The standard InChI is InChI=1S/C34H34N4/c1-21-30(25-12-11-24-16-29(35)17-27(24)15-25)7-5-9-32(21)33-10-6-8-31(22(33)2)26-13-14-38-23(3)28(19-36-4)20-37-34(38)18-26/h5-15,18,20,29,36H,3,16-17,19,35H2,1-2,4H3. The molecule has 3 aromatic rings. The van der Waals surface area contributed by atoms with Gasteiger partial charge in [0.05, 0.1) is 0 Å². The molecule has 4 heteroatoms. The number of hydrogen-bond donors (Lipinski definition) is 2. The van der Waals surface area contributed by atoms with E-state index in [1.807, 2.05) is 13.2 Å². The molecular formula is C34H34N4. The van der Waals surface area contributed by atoms with E-state index >= 15 is 0 Å². The molecule has 1 aliphatic carbocycles. The molecule has 3 N–H and O–H groups in total. The van der Waals surface area contributed by atoms with Gasteiger partial charge in [-0.05, 0) is 102 Å². The molecule has 1 atom stereocenters. The highest BCUT2D eigenvalue weighted by atomic mass is 15.2. The lowest BCUT2D eigenvalue weighted by molar-refractivity contribution is 0.675. The molecule has 190 valence electrons. The summed E-state index contributed by atoms with van der Waals surface area (Å²) in [5.74, 6) is 0.895. The van der Waals surface area contributed by atoms with Crippen molar-refractivity contribution >= 4 is 11.4 Å². The molecule has 0 saturated heterocycles. The van der Waals surface area contributed by atoms with Gasteiger partial charge in [-0.25, -0.2) is 4.99 Å². The first-order valence-electron chi connectivity index (χ1n) is 13.3. The SMILES string of the molecule is C=C1C(CNC)=CN=C2C=C(c3cccc(-c4cccc(-c5ccc6c(c5)CC(N)C6)c4C)c3C)C=CN12. The second-order valence-corrected chi connectivity index (χ2v) is 10.5. The number of aliphatic imine (C=N–C) groups is 1. The summed E-state index contributed by atoms with van der Waals surface area (Å²) in [6, 6.07) is 20.4. The normalized spacial score (nSPS) is 18.1. The van der Waals surface area contributed by atoms with Crippen LogP contribution in [0.15, 0.2) is 102 Å². The zero-order valence-electron chi connectivity index (χ0n) is 22.4. The topological polar surface area (TPSA) is 53.6 Å². The molecule has 3 aliphatic rings. The van der Waals surface area contributed by atoms with Crippen LogP contribution in [0.4, 0.5) is 0 Å². The van der Waals surface area contributed by atoms with Gasteiger partial charge in [-0.2, -0.15) is 0 Å². The summed E-state index contributed by atoms with van der Waals surface area (Å²) >= 11 is 0. The van der Waals surface area contributed by atoms with Crippen LogP contribution in [0.3, 0.4) is 0 Å². The lowest BCUT2D eigenvalue weighted by atomic mass is 9.87. The maximum Gasteiger partial charge on any atom is 0.137 e. The van der Waals surface area contributed by atoms with Gasteiger partial charge in [-0.1, -0.05) is 61.2 Å². The van der Waals surface area contributed by atoms with Gasteiger partial charge in [0.2, 0.25) is 0 Å². The third-order valence-electron chi connectivity index (χ3n) is 8.07. The minimum absolute atomic E-state index is 0.248. The lowest BCUT2D eigenvalue weighted by Gasteiger charge is -2.30. The van der Waals surface area contributed by atoms with E-state index in [4.69, 9.17) is 10.7 Å². The molecule has 38 heavy (non-hydrogen) atoms. The number of nitrogens with two attached hydrogens (primary N) is 1. The van der Waals surface area contributed by atoms with Gasteiger partial charge in [0, 0.05) is 36.3 Å². The number of allylic oxidation sites excluding steroid dienone is 2. The third kappa shape index (κ3) is 4.16. The second-order valence-electron chi connectivity index (χ2n) is 10.5. The van der Waals surface area contributed by atoms with E-state index < -0.39 is 0 Å². The van der Waals surface area contributed by atoms with E-state index in [1.54, 1.807) is 0 Å². The number of benzene rings is 3. The van der Waals surface area contributed by atoms with Crippen LogP contribution in [0.2, 0.25) is 0 Å². The van der Waals surface area contributed by atoms with E-state index in [9.17, 15) is 0 Å². The Morgan fingerprint density at radius 1 is 0.947 bits per heavy atom. The summed E-state index contributed by atoms with van der Waals surface area (Å²) in [7, 11) is 1.94. The average molecular weight is 499 g/mol. The van der Waals surface area contributed by atoms with Gasteiger partial charge in [0.25, 0.3) is 0 Å². The van der Waals surface area contributed by atoms with Crippen LogP contribution >= 0.6 is 0 Å². The Kier molecular flexibility index (Phi) is 6.22. The van der Waals surface area contributed by atoms with Crippen molar-refractivity contribution in [1.82, 2.24) is 10.2 Å². The lowest BCUT2D eigenvalue weighted by Crippen LogP contribution is -2.30. The molecule has 4 nitrogen and oxygen atoms in total.